The van der Waals surface area contributed by atoms with Crippen LogP contribution in [0.25, 0.3) is 0 Å². The zero-order chi connectivity index (χ0) is 13.3. The Kier molecular flexibility index (Phi) is 3.46. The van der Waals surface area contributed by atoms with Crippen LogP contribution < -0.4 is 5.84 Å². The molecule has 0 aromatic heterocycles. The molecule has 0 aliphatic carbocycles. The Hall–Kier alpha value is -1.57. The van der Waals surface area contributed by atoms with E-state index in [1.807, 2.05) is 0 Å². The van der Waals surface area contributed by atoms with Crippen molar-refractivity contribution in [3.63, 3.8) is 0 Å². The average molecular weight is 266 g/mol. The number of benzene rings is 1. The fourth-order valence-electron chi connectivity index (χ4n) is 1.24. The highest BCUT2D eigenvalue weighted by molar-refractivity contribution is 7.90. The molecule has 2 N–H and O–H groups in total. The predicted octanol–water partition coefficient (Wildman–Crippen LogP) is 1.40. The second-order valence-electron chi connectivity index (χ2n) is 3.30. The van der Waals surface area contributed by atoms with Gasteiger partial charge in [-0.2, -0.15) is 18.3 Å². The second-order valence-corrected chi connectivity index (χ2v) is 5.28. The van der Waals surface area contributed by atoms with Crippen LogP contribution in [0.4, 0.5) is 13.2 Å². The van der Waals surface area contributed by atoms with Gasteiger partial charge in [0.25, 0.3) is 0 Å². The molecule has 0 aliphatic rings. The highest BCUT2D eigenvalue weighted by Crippen LogP contribution is 2.31. The van der Waals surface area contributed by atoms with E-state index in [4.69, 9.17) is 5.84 Å². The highest BCUT2D eigenvalue weighted by atomic mass is 32.2. The van der Waals surface area contributed by atoms with Gasteiger partial charge in [-0.15, -0.1) is 0 Å². The van der Waals surface area contributed by atoms with E-state index in [0.29, 0.717) is 12.1 Å². The van der Waals surface area contributed by atoms with Crippen LogP contribution >= 0.6 is 0 Å². The van der Waals surface area contributed by atoms with Gasteiger partial charge in [0.15, 0.2) is 9.84 Å². The first-order valence-corrected chi connectivity index (χ1v) is 6.20. The average Bonchev–Trinajstić information content (AvgIpc) is 2.15. The SMILES string of the molecule is CS(=O)(=O)c1ccc(C(F)(F)F)cc1C=NN. The molecule has 1 aromatic carbocycles. The van der Waals surface area contributed by atoms with Crippen LogP contribution in [0, 0.1) is 0 Å². The summed E-state index contributed by atoms with van der Waals surface area (Å²) in [7, 11) is -3.63. The van der Waals surface area contributed by atoms with Gasteiger partial charge in [0.2, 0.25) is 0 Å². The Bertz CT molecular complexity index is 550. The van der Waals surface area contributed by atoms with Crippen LogP contribution in [-0.4, -0.2) is 20.9 Å². The summed E-state index contributed by atoms with van der Waals surface area (Å²) >= 11 is 0. The molecule has 1 aromatic rings. The maximum atomic E-state index is 12.4. The molecule has 0 heterocycles. The first kappa shape index (κ1) is 13.5. The quantitative estimate of drug-likeness (QED) is 0.499. The fraction of sp³-hybridized carbons (Fsp3) is 0.222. The predicted molar refractivity (Wildman–Crippen MR) is 56.3 cm³/mol. The smallest absolute Gasteiger partial charge is 0.323 e. The van der Waals surface area contributed by atoms with Crippen LogP contribution in [0.3, 0.4) is 0 Å². The van der Waals surface area contributed by atoms with E-state index in [0.717, 1.165) is 18.5 Å². The van der Waals surface area contributed by atoms with Gasteiger partial charge in [-0.3, -0.25) is 0 Å². The highest BCUT2D eigenvalue weighted by Gasteiger charge is 2.31. The fourth-order valence-corrected chi connectivity index (χ4v) is 2.10. The van der Waals surface area contributed by atoms with E-state index >= 15 is 0 Å². The molecule has 0 amide bonds. The lowest BCUT2D eigenvalue weighted by Gasteiger charge is -2.09. The van der Waals surface area contributed by atoms with Crippen molar-refractivity contribution in [2.45, 2.75) is 11.1 Å². The normalized spacial score (nSPS) is 13.2. The van der Waals surface area contributed by atoms with Gasteiger partial charge >= 0.3 is 6.18 Å². The lowest BCUT2D eigenvalue weighted by Crippen LogP contribution is -2.09. The molecule has 1 rings (SSSR count). The molecule has 0 saturated heterocycles. The van der Waals surface area contributed by atoms with Gasteiger partial charge in [-0.25, -0.2) is 8.42 Å². The van der Waals surface area contributed by atoms with E-state index < -0.39 is 21.6 Å². The maximum Gasteiger partial charge on any atom is 0.416 e. The van der Waals surface area contributed by atoms with Gasteiger partial charge in [-0.1, -0.05) is 0 Å². The van der Waals surface area contributed by atoms with Crippen molar-refractivity contribution < 1.29 is 21.6 Å². The first-order valence-electron chi connectivity index (χ1n) is 4.31. The van der Waals surface area contributed by atoms with Gasteiger partial charge in [-0.05, 0) is 18.2 Å². The Labute approximate surface area is 95.9 Å². The summed E-state index contributed by atoms with van der Waals surface area (Å²) in [5.74, 6) is 4.83. The zero-order valence-electron chi connectivity index (χ0n) is 8.69. The number of nitrogens with two attached hydrogens (primary N) is 1. The van der Waals surface area contributed by atoms with Crippen LogP contribution in [0.5, 0.6) is 0 Å². The van der Waals surface area contributed by atoms with Gasteiger partial charge in [0, 0.05) is 11.8 Å². The van der Waals surface area contributed by atoms with Gasteiger partial charge < -0.3 is 5.84 Å². The largest absolute Gasteiger partial charge is 0.416 e. The number of sulfone groups is 1. The monoisotopic (exact) mass is 266 g/mol. The standard InChI is InChI=1S/C9H9F3N2O2S/c1-17(15,16)8-3-2-7(9(10,11)12)4-6(8)5-14-13/h2-5H,13H2,1H3. The zero-order valence-corrected chi connectivity index (χ0v) is 9.51. The summed E-state index contributed by atoms with van der Waals surface area (Å²) in [5, 5.41) is 3.05. The third kappa shape index (κ3) is 3.19. The van der Waals surface area contributed by atoms with E-state index in [9.17, 15) is 21.6 Å². The van der Waals surface area contributed by atoms with Crippen molar-refractivity contribution in [2.75, 3.05) is 6.26 Å². The van der Waals surface area contributed by atoms with Crippen LogP contribution in [0.2, 0.25) is 0 Å². The molecule has 0 saturated carbocycles. The molecule has 94 valence electrons. The minimum atomic E-state index is -4.55. The molecule has 0 atom stereocenters. The van der Waals surface area contributed by atoms with Crippen LogP contribution in [0.1, 0.15) is 11.1 Å². The van der Waals surface area contributed by atoms with E-state index in [1.165, 1.54) is 0 Å². The van der Waals surface area contributed by atoms with E-state index in [1.54, 1.807) is 0 Å². The summed E-state index contributed by atoms with van der Waals surface area (Å²) < 4.78 is 59.8. The number of hydrogen-bond acceptors (Lipinski definition) is 4. The van der Waals surface area contributed by atoms with E-state index in [-0.39, 0.29) is 10.5 Å². The van der Waals surface area contributed by atoms with Crippen LogP contribution in [0.15, 0.2) is 28.2 Å². The molecular formula is C9H9F3N2O2S. The first-order chi connectivity index (χ1) is 7.66. The number of halogens is 3. The van der Waals surface area contributed by atoms with Gasteiger partial charge in [0.05, 0.1) is 16.7 Å². The van der Waals surface area contributed by atoms with Crippen molar-refractivity contribution in [3.05, 3.63) is 29.3 Å². The van der Waals surface area contributed by atoms with Gasteiger partial charge in [0.1, 0.15) is 0 Å². The third-order valence-corrected chi connectivity index (χ3v) is 3.12. The lowest BCUT2D eigenvalue weighted by atomic mass is 10.1. The summed E-state index contributed by atoms with van der Waals surface area (Å²) in [6, 6.07) is 2.27. The van der Waals surface area contributed by atoms with Crippen molar-refractivity contribution in [1.82, 2.24) is 0 Å². The Morgan fingerprint density at radius 1 is 1.35 bits per heavy atom. The molecule has 0 bridgehead atoms. The molecule has 0 fully saturated rings. The molecule has 17 heavy (non-hydrogen) atoms. The topological polar surface area (TPSA) is 72.5 Å². The Morgan fingerprint density at radius 3 is 2.35 bits per heavy atom. The number of alkyl halides is 3. The van der Waals surface area contributed by atoms with Crippen molar-refractivity contribution in [3.8, 4) is 0 Å². The molecule has 4 nitrogen and oxygen atoms in total. The number of rotatable bonds is 2. The molecule has 0 radical (unpaired) electrons. The molecule has 8 heteroatoms. The molecule has 0 spiro atoms. The number of hydrazone groups is 1. The Balaban J connectivity index is 3.48. The van der Waals surface area contributed by atoms with Crippen molar-refractivity contribution in [1.29, 1.82) is 0 Å². The third-order valence-electron chi connectivity index (χ3n) is 1.95. The van der Waals surface area contributed by atoms with Crippen molar-refractivity contribution in [2.24, 2.45) is 10.9 Å². The minimum Gasteiger partial charge on any atom is -0.323 e. The summed E-state index contributed by atoms with van der Waals surface area (Å²) in [6.07, 6.45) is -2.79. The summed E-state index contributed by atoms with van der Waals surface area (Å²) in [4.78, 5) is -0.250. The maximum absolute atomic E-state index is 12.4. The second kappa shape index (κ2) is 4.36. The number of hydrogen-bond donors (Lipinski definition) is 1. The lowest BCUT2D eigenvalue weighted by molar-refractivity contribution is -0.137. The van der Waals surface area contributed by atoms with Crippen molar-refractivity contribution >= 4 is 16.1 Å². The van der Waals surface area contributed by atoms with E-state index in [2.05, 4.69) is 5.10 Å². The van der Waals surface area contributed by atoms with Crippen LogP contribution in [-0.2, 0) is 16.0 Å². The molecule has 0 unspecified atom stereocenters. The summed E-state index contributed by atoms with van der Waals surface area (Å²) in [6.45, 7) is 0. The summed E-state index contributed by atoms with van der Waals surface area (Å²) in [5.41, 5.74) is -1.15. The molecular weight excluding hydrogens is 257 g/mol. The Morgan fingerprint density at radius 2 is 1.94 bits per heavy atom. The number of nitrogens with zero attached hydrogens (tertiary/aromatic N) is 1. The molecule has 0 aliphatic heterocycles. The minimum absolute atomic E-state index is 0.190.